The van der Waals surface area contributed by atoms with Crippen molar-refractivity contribution in [3.63, 3.8) is 0 Å². The molecule has 1 N–H and O–H groups in total. The van der Waals surface area contributed by atoms with E-state index in [-0.39, 0.29) is 16.1 Å². The Morgan fingerprint density at radius 1 is 1.47 bits per heavy atom. The van der Waals surface area contributed by atoms with Crippen LogP contribution in [0.1, 0.15) is 28.6 Å². The number of aromatic amines is 1. The summed E-state index contributed by atoms with van der Waals surface area (Å²) in [5, 5.41) is 5.41. The lowest BCUT2D eigenvalue weighted by Gasteiger charge is -2.12. The highest BCUT2D eigenvalue weighted by atomic mass is 79.9. The number of aromatic nitrogens is 2. The minimum atomic E-state index is -4.66. The van der Waals surface area contributed by atoms with Crippen LogP contribution in [0.15, 0.2) is 4.79 Å². The SMILES string of the molecule is Cc1c(C(C)Br)n[nH]c(=O)c1C(F)(F)F. The smallest absolute Gasteiger partial charge is 0.267 e. The second kappa shape index (κ2) is 3.96. The van der Waals surface area contributed by atoms with Crippen molar-refractivity contribution in [3.8, 4) is 0 Å². The Kier molecular flexibility index (Phi) is 3.22. The first-order chi connectivity index (χ1) is 6.75. The molecule has 0 aliphatic heterocycles. The zero-order chi connectivity index (χ0) is 11.8. The van der Waals surface area contributed by atoms with Crippen molar-refractivity contribution in [3.05, 3.63) is 27.2 Å². The van der Waals surface area contributed by atoms with Crippen molar-refractivity contribution in [2.75, 3.05) is 0 Å². The maximum atomic E-state index is 12.5. The highest BCUT2D eigenvalue weighted by Crippen LogP contribution is 2.32. The number of nitrogens with one attached hydrogen (secondary N) is 1. The Hall–Kier alpha value is -0.850. The molecule has 0 saturated carbocycles. The largest absolute Gasteiger partial charge is 0.422 e. The lowest BCUT2D eigenvalue weighted by Crippen LogP contribution is -2.26. The molecule has 0 bridgehead atoms. The topological polar surface area (TPSA) is 45.8 Å². The molecule has 1 atom stereocenters. The van der Waals surface area contributed by atoms with Crippen molar-refractivity contribution in [1.82, 2.24) is 10.2 Å². The summed E-state index contributed by atoms with van der Waals surface area (Å²) in [4.78, 5) is 10.7. The Morgan fingerprint density at radius 3 is 2.40 bits per heavy atom. The Bertz CT molecular complexity index is 425. The van der Waals surface area contributed by atoms with Crippen LogP contribution in [0.4, 0.5) is 13.2 Å². The van der Waals surface area contributed by atoms with Crippen LogP contribution >= 0.6 is 15.9 Å². The van der Waals surface area contributed by atoms with Crippen molar-refractivity contribution in [2.24, 2.45) is 0 Å². The molecule has 0 radical (unpaired) electrons. The van der Waals surface area contributed by atoms with E-state index in [1.54, 1.807) is 6.92 Å². The van der Waals surface area contributed by atoms with Crippen LogP contribution in [-0.4, -0.2) is 10.2 Å². The van der Waals surface area contributed by atoms with E-state index < -0.39 is 17.3 Å². The summed E-state index contributed by atoms with van der Waals surface area (Å²) in [6, 6.07) is 0. The first kappa shape index (κ1) is 12.2. The molecule has 0 amide bonds. The molecule has 0 spiro atoms. The predicted octanol–water partition coefficient (Wildman–Crippen LogP) is 2.55. The third kappa shape index (κ3) is 2.39. The van der Waals surface area contributed by atoms with Crippen LogP contribution in [-0.2, 0) is 6.18 Å². The fourth-order valence-electron chi connectivity index (χ4n) is 1.28. The summed E-state index contributed by atoms with van der Waals surface area (Å²) in [6.45, 7) is 2.87. The first-order valence-corrected chi connectivity index (χ1v) is 4.97. The zero-order valence-electron chi connectivity index (χ0n) is 7.94. The summed E-state index contributed by atoms with van der Waals surface area (Å²) in [6.07, 6.45) is -4.66. The Balaban J connectivity index is 3.51. The van der Waals surface area contributed by atoms with Crippen molar-refractivity contribution >= 4 is 15.9 Å². The van der Waals surface area contributed by atoms with Gasteiger partial charge >= 0.3 is 6.18 Å². The Labute approximate surface area is 91.8 Å². The van der Waals surface area contributed by atoms with Crippen LogP contribution in [0.3, 0.4) is 0 Å². The number of rotatable bonds is 1. The van der Waals surface area contributed by atoms with Gasteiger partial charge in [-0.15, -0.1) is 0 Å². The number of hydrogen-bond donors (Lipinski definition) is 1. The minimum Gasteiger partial charge on any atom is -0.267 e. The maximum absolute atomic E-state index is 12.5. The molecule has 1 rings (SSSR count). The fourth-order valence-corrected chi connectivity index (χ4v) is 1.72. The molecule has 1 heterocycles. The third-order valence-electron chi connectivity index (χ3n) is 1.92. The van der Waals surface area contributed by atoms with Gasteiger partial charge in [-0.05, 0) is 19.4 Å². The van der Waals surface area contributed by atoms with E-state index in [2.05, 4.69) is 21.0 Å². The second-order valence-corrected chi connectivity index (χ2v) is 4.43. The van der Waals surface area contributed by atoms with Gasteiger partial charge in [0.1, 0.15) is 5.56 Å². The number of halogens is 4. The molecule has 7 heteroatoms. The summed E-state index contributed by atoms with van der Waals surface area (Å²) in [7, 11) is 0. The van der Waals surface area contributed by atoms with Gasteiger partial charge in [0.2, 0.25) is 0 Å². The molecule has 0 aromatic carbocycles. The molecule has 0 fully saturated rings. The second-order valence-electron chi connectivity index (χ2n) is 3.05. The van der Waals surface area contributed by atoms with Gasteiger partial charge in [-0.2, -0.15) is 18.3 Å². The van der Waals surface area contributed by atoms with Crippen LogP contribution in [0, 0.1) is 6.92 Å². The summed E-state index contributed by atoms with van der Waals surface area (Å²) >= 11 is 3.11. The number of hydrogen-bond acceptors (Lipinski definition) is 2. The van der Waals surface area contributed by atoms with Gasteiger partial charge in [0.25, 0.3) is 5.56 Å². The molecule has 0 saturated heterocycles. The third-order valence-corrected chi connectivity index (χ3v) is 2.36. The average molecular weight is 285 g/mol. The summed E-state index contributed by atoms with van der Waals surface area (Å²) in [5.41, 5.74) is -2.35. The summed E-state index contributed by atoms with van der Waals surface area (Å²) < 4.78 is 37.5. The standard InChI is InChI=1S/C8H8BrF3N2O/c1-3-5(8(10,11)12)7(15)14-13-6(3)4(2)9/h4H,1-2H3,(H,14,15). The molecular formula is C8H8BrF3N2O. The fraction of sp³-hybridized carbons (Fsp3) is 0.500. The molecule has 84 valence electrons. The lowest BCUT2D eigenvalue weighted by atomic mass is 10.1. The number of nitrogens with zero attached hydrogens (tertiary/aromatic N) is 1. The average Bonchev–Trinajstić information content (AvgIpc) is 2.00. The molecule has 1 aromatic rings. The van der Waals surface area contributed by atoms with E-state index in [9.17, 15) is 18.0 Å². The van der Waals surface area contributed by atoms with Gasteiger partial charge in [0.05, 0.1) is 10.5 Å². The van der Waals surface area contributed by atoms with Crippen molar-refractivity contribution in [1.29, 1.82) is 0 Å². The minimum absolute atomic E-state index is 0.143. The molecule has 3 nitrogen and oxygen atoms in total. The van der Waals surface area contributed by atoms with Gasteiger partial charge in [-0.3, -0.25) is 4.79 Å². The van der Waals surface area contributed by atoms with Crippen molar-refractivity contribution < 1.29 is 13.2 Å². The van der Waals surface area contributed by atoms with E-state index in [4.69, 9.17) is 0 Å². The van der Waals surface area contributed by atoms with Gasteiger partial charge in [0, 0.05) is 0 Å². The predicted molar refractivity (Wildman–Crippen MR) is 51.9 cm³/mol. The molecule has 0 aliphatic carbocycles. The zero-order valence-corrected chi connectivity index (χ0v) is 9.53. The highest BCUT2D eigenvalue weighted by molar-refractivity contribution is 9.09. The van der Waals surface area contributed by atoms with E-state index in [0.29, 0.717) is 0 Å². The molecular weight excluding hydrogens is 277 g/mol. The van der Waals surface area contributed by atoms with Crippen LogP contribution in [0.2, 0.25) is 0 Å². The van der Waals surface area contributed by atoms with Gasteiger partial charge < -0.3 is 0 Å². The molecule has 15 heavy (non-hydrogen) atoms. The first-order valence-electron chi connectivity index (χ1n) is 4.05. The van der Waals surface area contributed by atoms with Gasteiger partial charge in [-0.25, -0.2) is 5.10 Å². The lowest BCUT2D eigenvalue weighted by molar-refractivity contribution is -0.139. The van der Waals surface area contributed by atoms with Crippen LogP contribution in [0.25, 0.3) is 0 Å². The van der Waals surface area contributed by atoms with Crippen LogP contribution < -0.4 is 5.56 Å². The van der Waals surface area contributed by atoms with Crippen molar-refractivity contribution in [2.45, 2.75) is 24.9 Å². The Morgan fingerprint density at radius 2 is 2.00 bits per heavy atom. The monoisotopic (exact) mass is 284 g/mol. The van der Waals surface area contributed by atoms with E-state index in [1.165, 1.54) is 6.92 Å². The van der Waals surface area contributed by atoms with Gasteiger partial charge in [-0.1, -0.05) is 15.9 Å². The number of alkyl halides is 4. The molecule has 1 aromatic heterocycles. The van der Waals surface area contributed by atoms with E-state index in [0.717, 1.165) is 0 Å². The number of H-pyrrole nitrogens is 1. The molecule has 1 unspecified atom stereocenters. The van der Waals surface area contributed by atoms with E-state index >= 15 is 0 Å². The molecule has 0 aliphatic rings. The maximum Gasteiger partial charge on any atom is 0.422 e. The normalized spacial score (nSPS) is 14.0. The van der Waals surface area contributed by atoms with E-state index in [1.807, 2.05) is 5.10 Å². The summed E-state index contributed by atoms with van der Waals surface area (Å²) in [5.74, 6) is 0. The highest BCUT2D eigenvalue weighted by Gasteiger charge is 2.37. The quantitative estimate of drug-likeness (QED) is 0.806. The van der Waals surface area contributed by atoms with Crippen LogP contribution in [0.5, 0.6) is 0 Å². The van der Waals surface area contributed by atoms with Gasteiger partial charge in [0.15, 0.2) is 0 Å².